The molecule has 0 aliphatic heterocycles. The Morgan fingerprint density at radius 1 is 1.21 bits per heavy atom. The number of rotatable bonds is 1. The summed E-state index contributed by atoms with van der Waals surface area (Å²) >= 11 is 0. The summed E-state index contributed by atoms with van der Waals surface area (Å²) in [5.74, 6) is 0.167. The fraction of sp³-hybridized carbons (Fsp3) is 0.417. The fourth-order valence-electron chi connectivity index (χ4n) is 0.753. The van der Waals surface area contributed by atoms with E-state index in [1.807, 2.05) is 12.1 Å². The maximum atomic E-state index is 9.44. The number of anilines is 1. The number of Topliss-reactive ketones (excluding diaryl/α,β-unsaturated/α-hetero) is 1. The van der Waals surface area contributed by atoms with Crippen LogP contribution >= 0.6 is 0 Å². The molecule has 80 valence electrons. The highest BCUT2D eigenvalue weighted by Crippen LogP contribution is 2.04. The van der Waals surface area contributed by atoms with Crippen molar-refractivity contribution in [2.45, 2.75) is 34.6 Å². The van der Waals surface area contributed by atoms with Crippen molar-refractivity contribution in [2.75, 3.05) is 5.73 Å². The van der Waals surface area contributed by atoms with E-state index in [9.17, 15) is 4.79 Å². The molecule has 0 aromatic heterocycles. The summed E-state index contributed by atoms with van der Waals surface area (Å²) in [6, 6.07) is 7.96. The van der Waals surface area contributed by atoms with E-state index in [0.29, 0.717) is 0 Å². The third-order valence-corrected chi connectivity index (χ3v) is 1.39. The molecule has 1 aromatic carbocycles. The van der Waals surface area contributed by atoms with Crippen molar-refractivity contribution in [3.05, 3.63) is 29.8 Å². The van der Waals surface area contributed by atoms with Crippen molar-refractivity contribution in [3.8, 4) is 0 Å². The van der Waals surface area contributed by atoms with Crippen LogP contribution in [0.2, 0.25) is 0 Å². The van der Waals surface area contributed by atoms with Gasteiger partial charge in [-0.25, -0.2) is 0 Å². The van der Waals surface area contributed by atoms with E-state index in [1.165, 1.54) is 19.4 Å². The second-order valence-corrected chi connectivity index (χ2v) is 3.00. The average Bonchev–Trinajstić information content (AvgIpc) is 2.05. The Labute approximate surface area is 87.1 Å². The lowest BCUT2D eigenvalue weighted by Gasteiger charge is -1.94. The predicted octanol–water partition coefficient (Wildman–Crippen LogP) is 3.06. The van der Waals surface area contributed by atoms with Crippen LogP contribution in [0.1, 0.15) is 33.8 Å². The minimum Gasteiger partial charge on any atom is -0.399 e. The number of benzene rings is 1. The standard InChI is InChI=1S/C8H11N.C3H6O.CH4/c1-2-7-3-5-8(9)6-4-7;1-3(2)4;/h3-6H,2,9H2,1H3;1-2H3;1H4. The van der Waals surface area contributed by atoms with Crippen molar-refractivity contribution >= 4 is 11.5 Å². The van der Waals surface area contributed by atoms with Crippen LogP contribution in [0.3, 0.4) is 0 Å². The van der Waals surface area contributed by atoms with E-state index in [-0.39, 0.29) is 13.2 Å². The summed E-state index contributed by atoms with van der Waals surface area (Å²) < 4.78 is 0. The summed E-state index contributed by atoms with van der Waals surface area (Å²) in [6.07, 6.45) is 1.08. The van der Waals surface area contributed by atoms with Crippen LogP contribution in [0.15, 0.2) is 24.3 Å². The third kappa shape index (κ3) is 8.78. The minimum absolute atomic E-state index is 0. The summed E-state index contributed by atoms with van der Waals surface area (Å²) in [7, 11) is 0. The molecule has 0 heterocycles. The summed E-state index contributed by atoms with van der Waals surface area (Å²) in [4.78, 5) is 9.44. The quantitative estimate of drug-likeness (QED) is 0.700. The lowest BCUT2D eigenvalue weighted by molar-refractivity contribution is -0.114. The van der Waals surface area contributed by atoms with Gasteiger partial charge >= 0.3 is 0 Å². The van der Waals surface area contributed by atoms with Gasteiger partial charge in [-0.3, -0.25) is 0 Å². The van der Waals surface area contributed by atoms with E-state index in [0.717, 1.165) is 12.1 Å². The predicted molar refractivity (Wildman–Crippen MR) is 63.3 cm³/mol. The highest BCUT2D eigenvalue weighted by atomic mass is 16.1. The smallest absolute Gasteiger partial charge is 0.126 e. The zero-order valence-electron chi connectivity index (χ0n) is 8.50. The Morgan fingerprint density at radius 3 is 1.86 bits per heavy atom. The molecular weight excluding hydrogens is 174 g/mol. The van der Waals surface area contributed by atoms with Crippen LogP contribution in [0, 0.1) is 0 Å². The molecule has 0 amide bonds. The normalized spacial score (nSPS) is 7.93. The van der Waals surface area contributed by atoms with Crippen LogP contribution in [0.5, 0.6) is 0 Å². The SMILES string of the molecule is C.CC(C)=O.CCc1ccc(N)cc1. The Bertz CT molecular complexity index is 248. The van der Waals surface area contributed by atoms with Crippen molar-refractivity contribution in [2.24, 2.45) is 0 Å². The van der Waals surface area contributed by atoms with Gasteiger partial charge in [-0.1, -0.05) is 26.5 Å². The molecular formula is C12H21NO. The molecule has 0 fully saturated rings. The molecule has 0 spiro atoms. The Hall–Kier alpha value is -1.31. The maximum Gasteiger partial charge on any atom is 0.126 e. The van der Waals surface area contributed by atoms with Crippen molar-refractivity contribution < 1.29 is 4.79 Å². The highest BCUT2D eigenvalue weighted by molar-refractivity contribution is 5.72. The van der Waals surface area contributed by atoms with E-state index in [1.54, 1.807) is 0 Å². The molecule has 0 aliphatic carbocycles. The molecule has 0 atom stereocenters. The fourth-order valence-corrected chi connectivity index (χ4v) is 0.753. The highest BCUT2D eigenvalue weighted by Gasteiger charge is 1.85. The maximum absolute atomic E-state index is 9.44. The lowest BCUT2D eigenvalue weighted by atomic mass is 10.2. The monoisotopic (exact) mass is 195 g/mol. The van der Waals surface area contributed by atoms with Gasteiger partial charge in [0.2, 0.25) is 0 Å². The summed E-state index contributed by atoms with van der Waals surface area (Å²) in [5, 5.41) is 0. The van der Waals surface area contributed by atoms with Crippen molar-refractivity contribution in [1.82, 2.24) is 0 Å². The molecule has 2 nitrogen and oxygen atoms in total. The van der Waals surface area contributed by atoms with Gasteiger partial charge < -0.3 is 10.5 Å². The first kappa shape index (κ1) is 15.2. The van der Waals surface area contributed by atoms with Crippen LogP contribution in [-0.2, 0) is 11.2 Å². The van der Waals surface area contributed by atoms with Crippen LogP contribution in [0.4, 0.5) is 5.69 Å². The largest absolute Gasteiger partial charge is 0.399 e. The van der Waals surface area contributed by atoms with Crippen LogP contribution < -0.4 is 5.73 Å². The molecule has 2 N–H and O–H groups in total. The molecule has 0 saturated heterocycles. The lowest BCUT2D eigenvalue weighted by Crippen LogP contribution is -1.84. The van der Waals surface area contributed by atoms with Crippen molar-refractivity contribution in [1.29, 1.82) is 0 Å². The molecule has 1 rings (SSSR count). The molecule has 0 aliphatic rings. The number of hydrogen-bond donors (Lipinski definition) is 1. The van der Waals surface area contributed by atoms with Gasteiger partial charge in [0.05, 0.1) is 0 Å². The topological polar surface area (TPSA) is 43.1 Å². The van der Waals surface area contributed by atoms with Gasteiger partial charge in [-0.15, -0.1) is 0 Å². The zero-order chi connectivity index (χ0) is 10.3. The molecule has 14 heavy (non-hydrogen) atoms. The Morgan fingerprint density at radius 2 is 1.57 bits per heavy atom. The molecule has 0 radical (unpaired) electrons. The number of nitrogens with two attached hydrogens (primary N) is 1. The first-order valence-electron chi connectivity index (χ1n) is 4.37. The van der Waals surface area contributed by atoms with Gasteiger partial charge in [-0.2, -0.15) is 0 Å². The zero-order valence-corrected chi connectivity index (χ0v) is 8.50. The second-order valence-electron chi connectivity index (χ2n) is 3.00. The Kier molecular flexibility index (Phi) is 8.99. The molecule has 0 unspecified atom stereocenters. The van der Waals surface area contributed by atoms with Gasteiger partial charge in [0.1, 0.15) is 5.78 Å². The number of nitrogen functional groups attached to an aromatic ring is 1. The molecule has 1 aromatic rings. The minimum atomic E-state index is 0. The van der Waals surface area contributed by atoms with Crippen LogP contribution in [-0.4, -0.2) is 5.78 Å². The van der Waals surface area contributed by atoms with E-state index in [2.05, 4.69) is 19.1 Å². The number of aryl methyl sites for hydroxylation is 1. The third-order valence-electron chi connectivity index (χ3n) is 1.39. The van der Waals surface area contributed by atoms with Crippen molar-refractivity contribution in [3.63, 3.8) is 0 Å². The summed E-state index contributed by atoms with van der Waals surface area (Å²) in [6.45, 7) is 5.19. The van der Waals surface area contributed by atoms with E-state index in [4.69, 9.17) is 5.73 Å². The first-order chi connectivity index (χ1) is 6.06. The Balaban J connectivity index is 0. The number of carbonyl (C=O) groups excluding carboxylic acids is 1. The molecule has 2 heteroatoms. The number of ketones is 1. The van der Waals surface area contributed by atoms with Gasteiger partial charge in [-0.05, 0) is 38.0 Å². The average molecular weight is 195 g/mol. The number of hydrogen-bond acceptors (Lipinski definition) is 2. The van der Waals surface area contributed by atoms with E-state index >= 15 is 0 Å². The molecule has 0 saturated carbocycles. The second kappa shape index (κ2) is 8.30. The van der Waals surface area contributed by atoms with Gasteiger partial charge in [0.25, 0.3) is 0 Å². The van der Waals surface area contributed by atoms with Gasteiger partial charge in [0, 0.05) is 5.69 Å². The van der Waals surface area contributed by atoms with Crippen LogP contribution in [0.25, 0.3) is 0 Å². The van der Waals surface area contributed by atoms with E-state index < -0.39 is 0 Å². The number of carbonyl (C=O) groups is 1. The first-order valence-corrected chi connectivity index (χ1v) is 4.37. The van der Waals surface area contributed by atoms with Gasteiger partial charge in [0.15, 0.2) is 0 Å². The summed E-state index contributed by atoms with van der Waals surface area (Å²) in [5.41, 5.74) is 7.66. The molecule has 0 bridgehead atoms.